The van der Waals surface area contributed by atoms with Crippen molar-refractivity contribution in [2.45, 2.75) is 18.7 Å². The van der Waals surface area contributed by atoms with E-state index in [0.29, 0.717) is 27.7 Å². The van der Waals surface area contributed by atoms with Crippen LogP contribution in [0.2, 0.25) is 0 Å². The number of ether oxygens (including phenoxy) is 1. The summed E-state index contributed by atoms with van der Waals surface area (Å²) >= 11 is 1.32. The number of fused-ring (bicyclic) bond motifs is 1. The number of anilines is 3. The monoisotopic (exact) mass is 523 g/mol. The van der Waals surface area contributed by atoms with Crippen LogP contribution in [0, 0.1) is 6.92 Å². The van der Waals surface area contributed by atoms with Gasteiger partial charge in [0.1, 0.15) is 5.75 Å². The summed E-state index contributed by atoms with van der Waals surface area (Å²) in [6, 6.07) is 18.6. The molecule has 0 fully saturated rings. The Morgan fingerprint density at radius 2 is 1.58 bits per heavy atom. The lowest BCUT2D eigenvalue weighted by Gasteiger charge is -2.20. The van der Waals surface area contributed by atoms with Crippen molar-refractivity contribution < 1.29 is 22.7 Å². The van der Waals surface area contributed by atoms with Crippen LogP contribution in [0.3, 0.4) is 0 Å². The van der Waals surface area contributed by atoms with Crippen LogP contribution in [0.15, 0.2) is 71.6 Å². The quantitative estimate of drug-likeness (QED) is 0.344. The van der Waals surface area contributed by atoms with E-state index in [2.05, 4.69) is 10.6 Å². The Hall–Kier alpha value is -3.89. The predicted molar refractivity (Wildman–Crippen MR) is 144 cm³/mol. The highest BCUT2D eigenvalue weighted by atomic mass is 32.2. The van der Waals surface area contributed by atoms with Gasteiger partial charge in [0.05, 0.1) is 22.6 Å². The number of aryl methyl sites for hydroxylation is 1. The van der Waals surface area contributed by atoms with Crippen LogP contribution < -0.4 is 19.7 Å². The van der Waals surface area contributed by atoms with Crippen molar-refractivity contribution in [3.63, 3.8) is 0 Å². The van der Waals surface area contributed by atoms with E-state index in [1.54, 1.807) is 67.6 Å². The lowest BCUT2D eigenvalue weighted by Crippen LogP contribution is -2.26. The van der Waals surface area contributed by atoms with Crippen LogP contribution in [0.25, 0.3) is 10.1 Å². The van der Waals surface area contributed by atoms with Gasteiger partial charge in [0.15, 0.2) is 0 Å². The number of carbonyl (C=O) groups is 2. The molecule has 0 aliphatic heterocycles. The first kappa shape index (κ1) is 25.2. The van der Waals surface area contributed by atoms with E-state index >= 15 is 0 Å². The zero-order valence-electron chi connectivity index (χ0n) is 20.2. The van der Waals surface area contributed by atoms with Crippen molar-refractivity contribution in [2.75, 3.05) is 29.1 Å². The molecule has 2 N–H and O–H groups in total. The fraction of sp³-hybridized carbons (Fsp3) is 0.154. The molecular formula is C26H25N3O5S2. The molecule has 186 valence electrons. The van der Waals surface area contributed by atoms with Gasteiger partial charge < -0.3 is 15.4 Å². The molecule has 0 saturated carbocycles. The maximum absolute atomic E-state index is 13.2. The Bertz CT molecular complexity index is 1560. The van der Waals surface area contributed by atoms with Gasteiger partial charge in [-0.15, -0.1) is 11.3 Å². The highest BCUT2D eigenvalue weighted by Gasteiger charge is 2.23. The van der Waals surface area contributed by atoms with Crippen LogP contribution in [-0.4, -0.2) is 34.4 Å². The topological polar surface area (TPSA) is 105 Å². The summed E-state index contributed by atoms with van der Waals surface area (Å²) < 4.78 is 33.8. The SMILES string of the molecule is COc1ccc(S(=O)(=O)N(C)c2ccc3sc(C(=O)Nc4ccc(NC(C)=O)cc4)cc3c2)cc1C. The molecular weight excluding hydrogens is 498 g/mol. The van der Waals surface area contributed by atoms with Crippen LogP contribution >= 0.6 is 11.3 Å². The van der Waals surface area contributed by atoms with E-state index in [4.69, 9.17) is 4.74 Å². The van der Waals surface area contributed by atoms with E-state index < -0.39 is 10.0 Å². The minimum Gasteiger partial charge on any atom is -0.496 e. The second-order valence-electron chi connectivity index (χ2n) is 8.15. The first-order chi connectivity index (χ1) is 17.1. The number of nitrogens with zero attached hydrogens (tertiary/aromatic N) is 1. The molecule has 0 unspecified atom stereocenters. The summed E-state index contributed by atoms with van der Waals surface area (Å²) in [6.07, 6.45) is 0. The van der Waals surface area contributed by atoms with Crippen molar-refractivity contribution in [2.24, 2.45) is 0 Å². The number of methoxy groups -OCH3 is 1. The highest BCUT2D eigenvalue weighted by molar-refractivity contribution is 7.92. The van der Waals surface area contributed by atoms with Crippen LogP contribution in [0.1, 0.15) is 22.2 Å². The van der Waals surface area contributed by atoms with Crippen LogP contribution in [0.4, 0.5) is 17.1 Å². The molecule has 0 radical (unpaired) electrons. The Morgan fingerprint density at radius 3 is 2.19 bits per heavy atom. The summed E-state index contributed by atoms with van der Waals surface area (Å²) in [4.78, 5) is 24.6. The summed E-state index contributed by atoms with van der Waals surface area (Å²) in [5.41, 5.74) is 2.43. The van der Waals surface area contributed by atoms with E-state index in [1.165, 1.54) is 42.8 Å². The Kier molecular flexibility index (Phi) is 7.00. The summed E-state index contributed by atoms with van der Waals surface area (Å²) in [5.74, 6) is 0.166. The molecule has 10 heteroatoms. The van der Waals surface area contributed by atoms with Crippen molar-refractivity contribution in [3.05, 3.63) is 77.2 Å². The normalized spacial score (nSPS) is 11.2. The zero-order valence-corrected chi connectivity index (χ0v) is 21.8. The van der Waals surface area contributed by atoms with E-state index in [-0.39, 0.29) is 16.7 Å². The van der Waals surface area contributed by atoms with Gasteiger partial charge in [0.2, 0.25) is 5.91 Å². The number of carbonyl (C=O) groups excluding carboxylic acids is 2. The van der Waals surface area contributed by atoms with Crippen molar-refractivity contribution in [1.82, 2.24) is 0 Å². The number of hydrogen-bond donors (Lipinski definition) is 2. The second-order valence-corrected chi connectivity index (χ2v) is 11.2. The fourth-order valence-corrected chi connectivity index (χ4v) is 5.89. The van der Waals surface area contributed by atoms with Crippen LogP contribution in [-0.2, 0) is 14.8 Å². The average molecular weight is 524 g/mol. The number of sulfonamides is 1. The Balaban J connectivity index is 1.54. The maximum atomic E-state index is 13.2. The molecule has 1 heterocycles. The Morgan fingerprint density at radius 1 is 0.917 bits per heavy atom. The molecule has 0 bridgehead atoms. The van der Waals surface area contributed by atoms with Gasteiger partial charge in [-0.1, -0.05) is 0 Å². The summed E-state index contributed by atoms with van der Waals surface area (Å²) in [7, 11) is -0.754. The average Bonchev–Trinajstić information content (AvgIpc) is 3.28. The molecule has 4 rings (SSSR count). The number of nitrogens with one attached hydrogen (secondary N) is 2. The molecule has 2 amide bonds. The molecule has 3 aromatic carbocycles. The molecule has 4 aromatic rings. The minimum atomic E-state index is -3.79. The van der Waals surface area contributed by atoms with Crippen molar-refractivity contribution >= 4 is 60.3 Å². The van der Waals surface area contributed by atoms with Gasteiger partial charge in [0, 0.05) is 30.0 Å². The smallest absolute Gasteiger partial charge is 0.265 e. The first-order valence-electron chi connectivity index (χ1n) is 10.9. The molecule has 0 aliphatic rings. The third kappa shape index (κ3) is 5.19. The molecule has 1 aromatic heterocycles. The lowest BCUT2D eigenvalue weighted by atomic mass is 10.2. The van der Waals surface area contributed by atoms with Gasteiger partial charge in [-0.3, -0.25) is 13.9 Å². The number of thiophene rings is 1. The van der Waals surface area contributed by atoms with Gasteiger partial charge >= 0.3 is 0 Å². The molecule has 0 atom stereocenters. The highest BCUT2D eigenvalue weighted by Crippen LogP contribution is 2.32. The van der Waals surface area contributed by atoms with Gasteiger partial charge in [0.25, 0.3) is 15.9 Å². The number of benzene rings is 3. The zero-order chi connectivity index (χ0) is 26.0. The molecule has 8 nitrogen and oxygen atoms in total. The number of amides is 2. The van der Waals surface area contributed by atoms with Crippen molar-refractivity contribution in [1.29, 1.82) is 0 Å². The minimum absolute atomic E-state index is 0.165. The number of rotatable bonds is 7. The van der Waals surface area contributed by atoms with E-state index in [9.17, 15) is 18.0 Å². The second kappa shape index (κ2) is 10.00. The van der Waals surface area contributed by atoms with Crippen LogP contribution in [0.5, 0.6) is 5.75 Å². The predicted octanol–water partition coefficient (Wildman–Crippen LogP) is 5.25. The van der Waals surface area contributed by atoms with Gasteiger partial charge in [-0.2, -0.15) is 0 Å². The summed E-state index contributed by atoms with van der Waals surface area (Å²) in [6.45, 7) is 3.22. The lowest BCUT2D eigenvalue weighted by molar-refractivity contribution is -0.114. The van der Waals surface area contributed by atoms with Gasteiger partial charge in [-0.05, 0) is 84.6 Å². The largest absolute Gasteiger partial charge is 0.496 e. The molecule has 0 aliphatic carbocycles. The third-order valence-corrected chi connectivity index (χ3v) is 8.47. The molecule has 0 saturated heterocycles. The van der Waals surface area contributed by atoms with E-state index in [1.807, 2.05) is 0 Å². The van der Waals surface area contributed by atoms with Crippen molar-refractivity contribution in [3.8, 4) is 5.75 Å². The standard InChI is InChI=1S/C26H25N3O5S2/c1-16-13-22(10-11-23(16)34-4)36(32,33)29(3)21-9-12-24-18(14-21)15-25(35-24)26(31)28-20-7-5-19(6-8-20)27-17(2)30/h5-15H,1-4H3,(H,27,30)(H,28,31). The Labute approximate surface area is 213 Å². The van der Waals surface area contributed by atoms with E-state index in [0.717, 1.165) is 15.6 Å². The molecule has 0 spiro atoms. The molecule has 36 heavy (non-hydrogen) atoms. The third-order valence-electron chi connectivity index (χ3n) is 5.58. The number of hydrogen-bond acceptors (Lipinski definition) is 6. The fourth-order valence-electron chi connectivity index (χ4n) is 3.68. The van der Waals surface area contributed by atoms with Gasteiger partial charge in [-0.25, -0.2) is 8.42 Å². The first-order valence-corrected chi connectivity index (χ1v) is 13.2. The summed E-state index contributed by atoms with van der Waals surface area (Å²) in [5, 5.41) is 6.28. The maximum Gasteiger partial charge on any atom is 0.265 e.